The molecule has 0 saturated carbocycles. The molecule has 1 saturated heterocycles. The summed E-state index contributed by atoms with van der Waals surface area (Å²) in [5.41, 5.74) is 4.80. The second-order valence-electron chi connectivity index (χ2n) is 11.7. The van der Waals surface area contributed by atoms with Gasteiger partial charge in [-0.25, -0.2) is 10.0 Å². The Hall–Kier alpha value is -3.86. The zero-order valence-electron chi connectivity index (χ0n) is 27.6. The van der Waals surface area contributed by atoms with Crippen molar-refractivity contribution in [2.75, 3.05) is 26.2 Å². The van der Waals surface area contributed by atoms with E-state index in [2.05, 4.69) is 106 Å². The van der Waals surface area contributed by atoms with Gasteiger partial charge >= 0.3 is 0 Å². The highest BCUT2D eigenvalue weighted by Crippen LogP contribution is 2.42. The first-order valence-corrected chi connectivity index (χ1v) is 19.0. The third-order valence-electron chi connectivity index (χ3n) is 7.91. The fraction of sp³-hybridized carbons (Fsp3) is 0.375. The summed E-state index contributed by atoms with van der Waals surface area (Å²) < 4.78 is 0. The summed E-state index contributed by atoms with van der Waals surface area (Å²) in [6, 6.07) is 17.3. The van der Waals surface area contributed by atoms with Gasteiger partial charge in [0.1, 0.15) is 20.8 Å². The molecule has 248 valence electrons. The predicted molar refractivity (Wildman–Crippen MR) is 200 cm³/mol. The van der Waals surface area contributed by atoms with Gasteiger partial charge in [0.05, 0.1) is 10.1 Å². The number of rotatable bonds is 4. The first-order valence-electron chi connectivity index (χ1n) is 15.6. The molecule has 5 heterocycles. The van der Waals surface area contributed by atoms with Crippen LogP contribution >= 0.6 is 46.2 Å². The lowest BCUT2D eigenvalue weighted by atomic mass is 10.1. The fourth-order valence-electron chi connectivity index (χ4n) is 5.53. The number of piperazine rings is 1. The Morgan fingerprint density at radius 1 is 0.562 bits per heavy atom. The van der Waals surface area contributed by atoms with E-state index in [9.17, 15) is 0 Å². The molecule has 4 aromatic rings. The second kappa shape index (κ2) is 13.9. The van der Waals surface area contributed by atoms with E-state index >= 15 is 0 Å². The van der Waals surface area contributed by atoms with Gasteiger partial charge in [0.2, 0.25) is 22.2 Å². The van der Waals surface area contributed by atoms with Gasteiger partial charge < -0.3 is 9.80 Å². The van der Waals surface area contributed by atoms with E-state index in [-0.39, 0.29) is 10.7 Å². The Morgan fingerprint density at radius 3 is 1.27 bits per heavy atom. The Kier molecular flexibility index (Phi) is 9.49. The minimum atomic E-state index is -0.0385. The maximum Gasteiger partial charge on any atom is 0.234 e. The summed E-state index contributed by atoms with van der Waals surface area (Å²) in [6.45, 7) is 15.0. The van der Waals surface area contributed by atoms with E-state index < -0.39 is 0 Å². The van der Waals surface area contributed by atoms with Crippen molar-refractivity contribution in [3.63, 3.8) is 0 Å². The number of hydrogen-bond donors (Lipinski definition) is 0. The van der Waals surface area contributed by atoms with Crippen molar-refractivity contribution in [1.82, 2.24) is 40.2 Å². The number of hydrogen-bond acceptors (Lipinski definition) is 12. The number of guanidine groups is 2. The lowest BCUT2D eigenvalue weighted by Gasteiger charge is -2.41. The van der Waals surface area contributed by atoms with Gasteiger partial charge in [-0.05, 0) is 52.7 Å². The quantitative estimate of drug-likeness (QED) is 0.160. The van der Waals surface area contributed by atoms with E-state index in [1.165, 1.54) is 44.9 Å². The van der Waals surface area contributed by atoms with Crippen LogP contribution in [0, 0.1) is 27.7 Å². The molecule has 0 N–H and O–H groups in total. The van der Waals surface area contributed by atoms with Crippen LogP contribution in [0.15, 0.2) is 68.7 Å². The summed E-state index contributed by atoms with van der Waals surface area (Å²) in [6.07, 6.45) is 0. The number of aryl methyl sites for hydroxylation is 4. The monoisotopic (exact) mass is 716 g/mol. The molecule has 0 bridgehead atoms. The lowest BCUT2D eigenvalue weighted by molar-refractivity contribution is 0.209. The molecule has 1 fully saturated rings. The van der Waals surface area contributed by atoms with Crippen molar-refractivity contribution in [1.29, 1.82) is 0 Å². The Bertz CT molecular complexity index is 1750. The zero-order valence-corrected chi connectivity index (χ0v) is 30.9. The summed E-state index contributed by atoms with van der Waals surface area (Å²) in [5, 5.41) is 36.2. The van der Waals surface area contributed by atoms with Gasteiger partial charge in [-0.1, -0.05) is 106 Å². The molecule has 12 nitrogen and oxygen atoms in total. The summed E-state index contributed by atoms with van der Waals surface area (Å²) >= 11 is 6.43. The van der Waals surface area contributed by atoms with Crippen molar-refractivity contribution >= 4 is 78.5 Å². The third-order valence-corrected chi connectivity index (χ3v) is 11.6. The number of aliphatic imine (C=N–C) groups is 2. The number of nitrogens with zero attached hydrogens (tertiary/aromatic N) is 12. The van der Waals surface area contributed by atoms with Crippen LogP contribution in [0.5, 0.6) is 0 Å². The molecule has 2 unspecified atom stereocenters. The highest BCUT2D eigenvalue weighted by Gasteiger charge is 2.38. The first kappa shape index (κ1) is 32.7. The van der Waals surface area contributed by atoms with Crippen LogP contribution in [0.1, 0.15) is 56.9 Å². The maximum atomic E-state index is 5.09. The molecule has 16 heteroatoms. The third kappa shape index (κ3) is 7.11. The van der Waals surface area contributed by atoms with Crippen LogP contribution in [0.2, 0.25) is 0 Å². The van der Waals surface area contributed by atoms with Gasteiger partial charge in [0.25, 0.3) is 0 Å². The molecule has 0 radical (unpaired) electrons. The second-order valence-corrected chi connectivity index (χ2v) is 16.6. The van der Waals surface area contributed by atoms with Crippen LogP contribution in [0.3, 0.4) is 0 Å². The van der Waals surface area contributed by atoms with Crippen molar-refractivity contribution in [3.05, 3.63) is 80.8 Å². The van der Waals surface area contributed by atoms with Gasteiger partial charge in [0.15, 0.2) is 0 Å². The van der Waals surface area contributed by atoms with Gasteiger partial charge in [-0.2, -0.15) is 20.2 Å². The molecule has 0 amide bonds. The molecule has 2 aromatic carbocycles. The average Bonchev–Trinajstić information content (AvgIpc) is 3.87. The number of aromatic nitrogens is 4. The summed E-state index contributed by atoms with van der Waals surface area (Å²) in [4.78, 5) is 14.8. The SMILES string of the molecule is CC1=NN(/C(=N\c2nnc(C)s2)N2CCN(/C(=N\c3nnc(C)s3)N3N=C(C)SC3c3ccc(C)cc3)CC2)C(c2ccc(C)cc2)S1. The van der Waals surface area contributed by atoms with E-state index in [4.69, 9.17) is 20.2 Å². The molecule has 0 spiro atoms. The molecule has 3 aliphatic rings. The molecular formula is C32H36N12S4. The summed E-state index contributed by atoms with van der Waals surface area (Å²) in [7, 11) is 0. The molecule has 3 aliphatic heterocycles. The van der Waals surface area contributed by atoms with Crippen molar-refractivity contribution in [2.45, 2.75) is 52.3 Å². The van der Waals surface area contributed by atoms with Crippen LogP contribution < -0.4 is 0 Å². The van der Waals surface area contributed by atoms with Crippen LogP contribution in [0.25, 0.3) is 0 Å². The standard InChI is InChI=1S/C32H36N12S4/c1-19-7-11-25(12-8-19)27-43(39-23(5)45-27)31(33-29-37-35-21(3)47-29)41-15-17-42(18-16-41)32(34-30-38-36-22(4)48-30)44-28(46-24(6)40-44)26-13-9-20(2)10-14-26/h7-14,27-28H,15-18H2,1-6H3/b33-31-,34-32+. The molecule has 2 aromatic heterocycles. The number of hydrazone groups is 2. The normalized spacial score (nSPS) is 20.5. The average molecular weight is 717 g/mol. The van der Waals surface area contributed by atoms with Crippen molar-refractivity contribution in [2.24, 2.45) is 20.2 Å². The van der Waals surface area contributed by atoms with Gasteiger partial charge in [-0.3, -0.25) is 0 Å². The lowest BCUT2D eigenvalue weighted by Crippen LogP contribution is -2.56. The van der Waals surface area contributed by atoms with Gasteiger partial charge in [-0.15, -0.1) is 20.4 Å². The molecular weight excluding hydrogens is 681 g/mol. The van der Waals surface area contributed by atoms with E-state index in [0.29, 0.717) is 36.4 Å². The van der Waals surface area contributed by atoms with E-state index in [0.717, 1.165) is 32.0 Å². The van der Waals surface area contributed by atoms with Crippen LogP contribution in [-0.2, 0) is 0 Å². The number of thioether (sulfide) groups is 2. The van der Waals surface area contributed by atoms with Crippen molar-refractivity contribution in [3.8, 4) is 0 Å². The highest BCUT2D eigenvalue weighted by atomic mass is 32.2. The topological polar surface area (TPSA) is 114 Å². The van der Waals surface area contributed by atoms with E-state index in [1.807, 2.05) is 23.9 Å². The Morgan fingerprint density at radius 2 is 0.938 bits per heavy atom. The van der Waals surface area contributed by atoms with Crippen molar-refractivity contribution < 1.29 is 0 Å². The minimum absolute atomic E-state index is 0.0385. The Balaban J connectivity index is 1.20. The van der Waals surface area contributed by atoms with Crippen LogP contribution in [0.4, 0.5) is 10.3 Å². The molecule has 2 atom stereocenters. The molecule has 48 heavy (non-hydrogen) atoms. The highest BCUT2D eigenvalue weighted by molar-refractivity contribution is 8.14. The predicted octanol–water partition coefficient (Wildman–Crippen LogP) is 7.08. The first-order chi connectivity index (χ1) is 23.2. The number of benzene rings is 2. The molecule has 7 rings (SSSR count). The summed E-state index contributed by atoms with van der Waals surface area (Å²) in [5.74, 6) is 1.53. The minimum Gasteiger partial charge on any atom is -0.337 e. The molecule has 0 aliphatic carbocycles. The van der Waals surface area contributed by atoms with Gasteiger partial charge in [0, 0.05) is 26.2 Å². The largest absolute Gasteiger partial charge is 0.337 e. The van der Waals surface area contributed by atoms with Crippen LogP contribution in [-0.4, -0.2) is 88.4 Å². The fourth-order valence-corrected chi connectivity index (χ4v) is 8.63. The Labute approximate surface area is 296 Å². The smallest absolute Gasteiger partial charge is 0.234 e. The maximum absolute atomic E-state index is 5.09. The zero-order chi connectivity index (χ0) is 33.4. The van der Waals surface area contributed by atoms with E-state index in [1.54, 1.807) is 23.5 Å².